The molecule has 132 valence electrons. The first-order valence-corrected chi connectivity index (χ1v) is 8.28. The summed E-state index contributed by atoms with van der Waals surface area (Å²) in [6.07, 6.45) is 0. The predicted molar refractivity (Wildman–Crippen MR) is 98.8 cm³/mol. The van der Waals surface area contributed by atoms with Crippen LogP contribution >= 0.6 is 11.6 Å². The lowest BCUT2D eigenvalue weighted by Gasteiger charge is -2.22. The van der Waals surface area contributed by atoms with Crippen LogP contribution in [0.1, 0.15) is 25.5 Å². The van der Waals surface area contributed by atoms with Crippen LogP contribution in [0.15, 0.2) is 48.5 Å². The van der Waals surface area contributed by atoms with Crippen LogP contribution in [0.4, 0.5) is 11.4 Å². The Kier molecular flexibility index (Phi) is 6.50. The summed E-state index contributed by atoms with van der Waals surface area (Å²) in [4.78, 5) is 22.7. The van der Waals surface area contributed by atoms with Crippen LogP contribution in [-0.2, 0) is 4.79 Å². The molecule has 2 aromatic carbocycles. The van der Waals surface area contributed by atoms with Crippen LogP contribution in [0.5, 0.6) is 0 Å². The molecule has 1 atom stereocenters. The average Bonchev–Trinajstić information content (AvgIpc) is 2.55. The van der Waals surface area contributed by atoms with Gasteiger partial charge in [0.2, 0.25) is 5.91 Å². The molecule has 0 spiro atoms. The van der Waals surface area contributed by atoms with Gasteiger partial charge in [-0.05, 0) is 23.6 Å². The lowest BCUT2D eigenvalue weighted by molar-refractivity contribution is -0.383. The second-order valence-electron chi connectivity index (χ2n) is 5.98. The normalized spacial score (nSPS) is 12.0. The fraction of sp³-hybridized carbons (Fsp3) is 0.278. The summed E-state index contributed by atoms with van der Waals surface area (Å²) in [7, 11) is 0. The van der Waals surface area contributed by atoms with Crippen LogP contribution in [0.2, 0.25) is 5.02 Å². The van der Waals surface area contributed by atoms with Gasteiger partial charge in [0.25, 0.3) is 5.69 Å². The zero-order chi connectivity index (χ0) is 18.4. The summed E-state index contributed by atoms with van der Waals surface area (Å²) in [6.45, 7) is 4.15. The first kappa shape index (κ1) is 18.9. The molecule has 0 heterocycles. The van der Waals surface area contributed by atoms with Gasteiger partial charge < -0.3 is 10.6 Å². The molecule has 0 aliphatic carbocycles. The molecule has 0 radical (unpaired) electrons. The van der Waals surface area contributed by atoms with E-state index >= 15 is 0 Å². The van der Waals surface area contributed by atoms with Crippen molar-refractivity contribution in [3.8, 4) is 0 Å². The van der Waals surface area contributed by atoms with E-state index in [-0.39, 0.29) is 35.8 Å². The van der Waals surface area contributed by atoms with E-state index in [2.05, 4.69) is 24.5 Å². The van der Waals surface area contributed by atoms with Gasteiger partial charge in [0.15, 0.2) is 0 Å². The Hall–Kier alpha value is -2.44. The number of amides is 1. The van der Waals surface area contributed by atoms with Crippen LogP contribution < -0.4 is 10.6 Å². The minimum Gasteiger partial charge on any atom is -0.319 e. The first-order chi connectivity index (χ1) is 11.9. The molecular formula is C18H20ClN3O3. The van der Waals surface area contributed by atoms with Gasteiger partial charge in [0, 0.05) is 17.1 Å². The van der Waals surface area contributed by atoms with Crippen LogP contribution in [-0.4, -0.2) is 17.4 Å². The van der Waals surface area contributed by atoms with Gasteiger partial charge >= 0.3 is 0 Å². The number of carbonyl (C=O) groups excluding carboxylic acids is 1. The predicted octanol–water partition coefficient (Wildman–Crippen LogP) is 4.17. The zero-order valence-electron chi connectivity index (χ0n) is 14.0. The largest absolute Gasteiger partial charge is 0.319 e. The molecule has 0 aliphatic heterocycles. The Balaban J connectivity index is 2.05. The fourth-order valence-corrected chi connectivity index (χ4v) is 2.74. The summed E-state index contributed by atoms with van der Waals surface area (Å²) < 4.78 is 0. The van der Waals surface area contributed by atoms with E-state index in [1.807, 2.05) is 30.3 Å². The molecule has 0 aromatic heterocycles. The lowest BCUT2D eigenvalue weighted by atomic mass is 9.96. The van der Waals surface area contributed by atoms with Gasteiger partial charge in [-0.2, -0.15) is 0 Å². The minimum absolute atomic E-state index is 0.00120. The smallest absolute Gasteiger partial charge is 0.292 e. The molecular weight excluding hydrogens is 342 g/mol. The van der Waals surface area contributed by atoms with E-state index in [1.165, 1.54) is 18.2 Å². The van der Waals surface area contributed by atoms with Crippen molar-refractivity contribution in [2.24, 2.45) is 5.92 Å². The Morgan fingerprint density at radius 3 is 2.48 bits per heavy atom. The average molecular weight is 362 g/mol. The molecule has 0 fully saturated rings. The van der Waals surface area contributed by atoms with Gasteiger partial charge in [0.1, 0.15) is 5.69 Å². The highest BCUT2D eigenvalue weighted by atomic mass is 35.5. The number of nitro benzene ring substituents is 1. The molecule has 0 bridgehead atoms. The Labute approximate surface area is 151 Å². The summed E-state index contributed by atoms with van der Waals surface area (Å²) in [6, 6.07) is 13.9. The van der Waals surface area contributed by atoms with Crippen molar-refractivity contribution in [3.63, 3.8) is 0 Å². The van der Waals surface area contributed by atoms with E-state index in [0.29, 0.717) is 5.02 Å². The maximum Gasteiger partial charge on any atom is 0.292 e. The maximum absolute atomic E-state index is 12.2. The van der Waals surface area contributed by atoms with Crippen molar-refractivity contribution in [3.05, 3.63) is 69.2 Å². The highest BCUT2D eigenvalue weighted by Crippen LogP contribution is 2.27. The van der Waals surface area contributed by atoms with Crippen molar-refractivity contribution in [2.75, 3.05) is 11.9 Å². The molecule has 0 saturated carbocycles. The summed E-state index contributed by atoms with van der Waals surface area (Å²) in [5.74, 6) is -0.0948. The number of nitro groups is 1. The fourth-order valence-electron chi connectivity index (χ4n) is 2.56. The second-order valence-corrected chi connectivity index (χ2v) is 6.42. The number of carbonyl (C=O) groups is 1. The number of nitrogens with one attached hydrogen (secondary N) is 2. The van der Waals surface area contributed by atoms with Crippen LogP contribution in [0, 0.1) is 16.0 Å². The first-order valence-electron chi connectivity index (χ1n) is 7.90. The maximum atomic E-state index is 12.2. The molecule has 2 aromatic rings. The van der Waals surface area contributed by atoms with E-state index < -0.39 is 4.92 Å². The van der Waals surface area contributed by atoms with E-state index in [1.54, 1.807) is 0 Å². The third-order valence-electron chi connectivity index (χ3n) is 3.74. The van der Waals surface area contributed by atoms with Crippen molar-refractivity contribution in [2.45, 2.75) is 19.9 Å². The number of nitrogens with zero attached hydrogens (tertiary/aromatic N) is 1. The lowest BCUT2D eigenvalue weighted by Crippen LogP contribution is -2.33. The molecule has 6 nitrogen and oxygen atoms in total. The second kappa shape index (κ2) is 8.60. The number of hydrogen-bond acceptors (Lipinski definition) is 4. The SMILES string of the molecule is CC(C)[C@@H](NCC(=O)Nc1cc(Cl)ccc1[N+](=O)[O-])c1ccccc1. The summed E-state index contributed by atoms with van der Waals surface area (Å²) >= 11 is 5.86. The van der Waals surface area contributed by atoms with Gasteiger partial charge in [-0.1, -0.05) is 55.8 Å². The quantitative estimate of drug-likeness (QED) is 0.572. The third-order valence-corrected chi connectivity index (χ3v) is 3.97. The van der Waals surface area contributed by atoms with Crippen LogP contribution in [0.25, 0.3) is 0 Å². The number of rotatable bonds is 7. The molecule has 2 rings (SSSR count). The monoisotopic (exact) mass is 361 g/mol. The molecule has 1 amide bonds. The Morgan fingerprint density at radius 1 is 1.20 bits per heavy atom. The molecule has 2 N–H and O–H groups in total. The van der Waals surface area contributed by atoms with Crippen molar-refractivity contribution in [1.29, 1.82) is 0 Å². The van der Waals surface area contributed by atoms with Gasteiger partial charge in [0.05, 0.1) is 11.5 Å². The van der Waals surface area contributed by atoms with E-state index in [4.69, 9.17) is 11.6 Å². The van der Waals surface area contributed by atoms with Crippen molar-refractivity contribution < 1.29 is 9.72 Å². The van der Waals surface area contributed by atoms with Gasteiger partial charge in [-0.3, -0.25) is 14.9 Å². The van der Waals surface area contributed by atoms with Gasteiger partial charge in [-0.15, -0.1) is 0 Å². The molecule has 0 saturated heterocycles. The number of hydrogen-bond donors (Lipinski definition) is 2. The van der Waals surface area contributed by atoms with E-state index in [9.17, 15) is 14.9 Å². The van der Waals surface area contributed by atoms with Gasteiger partial charge in [-0.25, -0.2) is 0 Å². The summed E-state index contributed by atoms with van der Waals surface area (Å²) in [5, 5.41) is 17.1. The standard InChI is InChI=1S/C18H20ClN3O3/c1-12(2)18(13-6-4-3-5-7-13)20-11-17(23)21-15-10-14(19)8-9-16(15)22(24)25/h3-10,12,18,20H,11H2,1-2H3,(H,21,23)/t18-/m1/s1. The highest BCUT2D eigenvalue weighted by molar-refractivity contribution is 6.31. The molecule has 0 aliphatic rings. The minimum atomic E-state index is -0.555. The number of halogens is 1. The van der Waals surface area contributed by atoms with E-state index in [0.717, 1.165) is 5.56 Å². The number of benzene rings is 2. The van der Waals surface area contributed by atoms with Crippen molar-refractivity contribution in [1.82, 2.24) is 5.32 Å². The molecule has 7 heteroatoms. The Bertz CT molecular complexity index is 750. The topological polar surface area (TPSA) is 84.3 Å². The summed E-state index contributed by atoms with van der Waals surface area (Å²) in [5.41, 5.74) is 0.977. The van der Waals surface area contributed by atoms with Crippen molar-refractivity contribution >= 4 is 28.9 Å². The number of anilines is 1. The molecule has 25 heavy (non-hydrogen) atoms. The Morgan fingerprint density at radius 2 is 1.88 bits per heavy atom. The highest BCUT2D eigenvalue weighted by Gasteiger charge is 2.19. The third kappa shape index (κ3) is 5.27. The zero-order valence-corrected chi connectivity index (χ0v) is 14.8. The van der Waals surface area contributed by atoms with Crippen LogP contribution in [0.3, 0.4) is 0 Å². The molecule has 0 unspecified atom stereocenters.